The number of nitrogens with one attached hydrogen (secondary N) is 1. The van der Waals surface area contributed by atoms with Crippen molar-refractivity contribution in [3.63, 3.8) is 0 Å². The number of allylic oxidation sites excluding steroid dienone is 1. The van der Waals surface area contributed by atoms with Crippen LogP contribution in [0.15, 0.2) is 29.8 Å². The molecule has 1 aromatic heterocycles. The van der Waals surface area contributed by atoms with Crippen molar-refractivity contribution in [2.45, 2.75) is 24.2 Å². The maximum Gasteiger partial charge on any atom is 0.0755 e. The molecule has 1 aliphatic rings. The molecule has 0 aliphatic carbocycles. The van der Waals surface area contributed by atoms with Crippen LogP contribution < -0.4 is 0 Å². The van der Waals surface area contributed by atoms with Gasteiger partial charge in [0.15, 0.2) is 0 Å². The minimum atomic E-state index is 1.02. The van der Waals surface area contributed by atoms with E-state index in [1.807, 2.05) is 24.0 Å². The maximum absolute atomic E-state index is 4.20. The third kappa shape index (κ3) is 3.50. The van der Waals surface area contributed by atoms with Crippen molar-refractivity contribution in [1.29, 1.82) is 0 Å². The third-order valence-electron chi connectivity index (χ3n) is 3.08. The highest BCUT2D eigenvalue weighted by molar-refractivity contribution is 7.99. The quantitative estimate of drug-likeness (QED) is 0.486. The van der Waals surface area contributed by atoms with Gasteiger partial charge in [0.1, 0.15) is 0 Å². The van der Waals surface area contributed by atoms with Gasteiger partial charge in [-0.3, -0.25) is 5.10 Å². The minimum Gasteiger partial charge on any atom is -0.302 e. The van der Waals surface area contributed by atoms with Crippen molar-refractivity contribution >= 4 is 17.3 Å². The molecule has 0 radical (unpaired) electrons. The van der Waals surface area contributed by atoms with E-state index in [9.17, 15) is 0 Å². The number of hydrogen-bond donors (Lipinski definition) is 1. The second-order valence-electron chi connectivity index (χ2n) is 4.64. The molecule has 1 N–H and O–H groups in total. The molecule has 3 nitrogen and oxygen atoms in total. The number of hydrogen-bond acceptors (Lipinski definition) is 3. The fourth-order valence-corrected chi connectivity index (χ4v) is 3.08. The van der Waals surface area contributed by atoms with Crippen LogP contribution in [0.2, 0.25) is 0 Å². The van der Waals surface area contributed by atoms with Crippen molar-refractivity contribution in [1.82, 2.24) is 15.1 Å². The van der Waals surface area contributed by atoms with Gasteiger partial charge in [0.25, 0.3) is 0 Å². The minimum absolute atomic E-state index is 1.02. The molecule has 2 rings (SSSR count). The molecule has 0 aromatic carbocycles. The average molecular weight is 263 g/mol. The standard InChI is InChI=1S/C14H21N3S/c1-3-4-5-9-18-13-10-15-16-14(13)12-7-6-8-17(2)11-12/h3,7,10H,1,4-6,8-9,11H2,2H3,(H,15,16). The first kappa shape index (κ1) is 13.4. The highest BCUT2D eigenvalue weighted by Crippen LogP contribution is 2.29. The number of nitrogens with zero attached hydrogens (tertiary/aromatic N) is 2. The van der Waals surface area contributed by atoms with Gasteiger partial charge in [0.2, 0.25) is 0 Å². The van der Waals surface area contributed by atoms with Crippen LogP contribution in [0.1, 0.15) is 25.0 Å². The van der Waals surface area contributed by atoms with Gasteiger partial charge in [-0.15, -0.1) is 18.3 Å². The van der Waals surface area contributed by atoms with E-state index < -0.39 is 0 Å². The summed E-state index contributed by atoms with van der Waals surface area (Å²) in [5.74, 6) is 1.13. The first-order valence-electron chi connectivity index (χ1n) is 6.46. The van der Waals surface area contributed by atoms with Crippen molar-refractivity contribution in [3.8, 4) is 0 Å². The van der Waals surface area contributed by atoms with Gasteiger partial charge >= 0.3 is 0 Å². The van der Waals surface area contributed by atoms with Crippen LogP contribution in [0.5, 0.6) is 0 Å². The van der Waals surface area contributed by atoms with E-state index in [0.717, 1.165) is 31.7 Å². The van der Waals surface area contributed by atoms with E-state index in [0.29, 0.717) is 0 Å². The number of aromatic amines is 1. The molecule has 0 spiro atoms. The Morgan fingerprint density at radius 2 is 2.50 bits per heavy atom. The molecule has 0 atom stereocenters. The summed E-state index contributed by atoms with van der Waals surface area (Å²) >= 11 is 1.89. The summed E-state index contributed by atoms with van der Waals surface area (Å²) in [7, 11) is 2.17. The highest BCUT2D eigenvalue weighted by atomic mass is 32.2. The second-order valence-corrected chi connectivity index (χ2v) is 5.78. The van der Waals surface area contributed by atoms with Gasteiger partial charge in [-0.1, -0.05) is 12.2 Å². The topological polar surface area (TPSA) is 31.9 Å². The Morgan fingerprint density at radius 1 is 1.61 bits per heavy atom. The normalized spacial score (nSPS) is 16.6. The Morgan fingerprint density at radius 3 is 3.28 bits per heavy atom. The van der Waals surface area contributed by atoms with E-state index in [1.54, 1.807) is 0 Å². The molecule has 0 bridgehead atoms. The molecule has 0 fully saturated rings. The molecule has 0 unspecified atom stereocenters. The van der Waals surface area contributed by atoms with Crippen molar-refractivity contribution in [3.05, 3.63) is 30.6 Å². The molecule has 18 heavy (non-hydrogen) atoms. The zero-order valence-corrected chi connectivity index (χ0v) is 11.8. The van der Waals surface area contributed by atoms with Gasteiger partial charge in [-0.05, 0) is 37.6 Å². The molecular weight excluding hydrogens is 242 g/mol. The second kappa shape index (κ2) is 6.81. The summed E-state index contributed by atoms with van der Waals surface area (Å²) in [6.07, 6.45) is 9.66. The Kier molecular flexibility index (Phi) is 5.08. The van der Waals surface area contributed by atoms with Gasteiger partial charge in [0, 0.05) is 13.1 Å². The number of aromatic nitrogens is 2. The molecular formula is C14H21N3S. The number of H-pyrrole nitrogens is 1. The number of likely N-dealkylation sites (N-methyl/N-ethyl adjacent to an activating group) is 1. The largest absolute Gasteiger partial charge is 0.302 e. The summed E-state index contributed by atoms with van der Waals surface area (Å²) in [6, 6.07) is 0. The lowest BCUT2D eigenvalue weighted by molar-refractivity contribution is 0.372. The van der Waals surface area contributed by atoms with E-state index in [1.165, 1.54) is 22.6 Å². The highest BCUT2D eigenvalue weighted by Gasteiger charge is 2.15. The monoisotopic (exact) mass is 263 g/mol. The van der Waals surface area contributed by atoms with Crippen molar-refractivity contribution in [2.24, 2.45) is 0 Å². The van der Waals surface area contributed by atoms with Crippen LogP contribution in [-0.4, -0.2) is 41.0 Å². The molecule has 0 saturated heterocycles. The van der Waals surface area contributed by atoms with Crippen molar-refractivity contribution in [2.75, 3.05) is 25.9 Å². The fraction of sp³-hybridized carbons (Fsp3) is 0.500. The van der Waals surface area contributed by atoms with Crippen molar-refractivity contribution < 1.29 is 0 Å². The molecule has 2 heterocycles. The molecule has 1 aromatic rings. The lowest BCUT2D eigenvalue weighted by Gasteiger charge is -2.22. The molecule has 1 aliphatic heterocycles. The summed E-state index contributed by atoms with van der Waals surface area (Å²) < 4.78 is 0. The Labute approximate surface area is 113 Å². The van der Waals surface area contributed by atoms with E-state index >= 15 is 0 Å². The van der Waals surface area contributed by atoms with Crippen LogP contribution >= 0.6 is 11.8 Å². The zero-order chi connectivity index (χ0) is 12.8. The van der Waals surface area contributed by atoms with Crippen LogP contribution in [0.4, 0.5) is 0 Å². The first-order chi connectivity index (χ1) is 8.81. The molecule has 0 saturated carbocycles. The Hall–Kier alpha value is -1.00. The van der Waals surface area contributed by atoms with E-state index in [-0.39, 0.29) is 0 Å². The summed E-state index contributed by atoms with van der Waals surface area (Å²) in [4.78, 5) is 3.63. The summed E-state index contributed by atoms with van der Waals surface area (Å²) in [5.41, 5.74) is 2.60. The lowest BCUT2D eigenvalue weighted by atomic mass is 10.1. The van der Waals surface area contributed by atoms with E-state index in [2.05, 4.69) is 34.8 Å². The van der Waals surface area contributed by atoms with Crippen LogP contribution in [0, 0.1) is 0 Å². The van der Waals surface area contributed by atoms with Gasteiger partial charge in [0.05, 0.1) is 16.8 Å². The fourth-order valence-electron chi connectivity index (χ4n) is 2.10. The molecule has 4 heteroatoms. The van der Waals surface area contributed by atoms with Gasteiger partial charge < -0.3 is 4.90 Å². The summed E-state index contributed by atoms with van der Waals surface area (Å²) in [6.45, 7) is 5.92. The number of rotatable bonds is 6. The molecule has 98 valence electrons. The van der Waals surface area contributed by atoms with Gasteiger partial charge in [-0.2, -0.15) is 5.10 Å². The predicted octanol–water partition coefficient (Wildman–Crippen LogP) is 3.19. The first-order valence-corrected chi connectivity index (χ1v) is 7.45. The van der Waals surface area contributed by atoms with Gasteiger partial charge in [-0.25, -0.2) is 0 Å². The Balaban J connectivity index is 1.98. The average Bonchev–Trinajstić information content (AvgIpc) is 2.83. The van der Waals surface area contributed by atoms with E-state index in [4.69, 9.17) is 0 Å². The van der Waals surface area contributed by atoms with Crippen LogP contribution in [0.3, 0.4) is 0 Å². The van der Waals surface area contributed by atoms with Crippen LogP contribution in [-0.2, 0) is 0 Å². The maximum atomic E-state index is 4.20. The SMILES string of the molecule is C=CCCCSc1cn[nH]c1C1=CCCN(C)C1. The predicted molar refractivity (Wildman–Crippen MR) is 78.8 cm³/mol. The zero-order valence-electron chi connectivity index (χ0n) is 11.0. The third-order valence-corrected chi connectivity index (χ3v) is 4.19. The number of unbranched alkanes of at least 4 members (excludes halogenated alkanes) is 1. The Bertz CT molecular complexity index is 422. The number of thioether (sulfide) groups is 1. The lowest BCUT2D eigenvalue weighted by Crippen LogP contribution is -2.25. The smallest absolute Gasteiger partial charge is 0.0755 e. The molecule has 0 amide bonds. The summed E-state index contributed by atoms with van der Waals surface area (Å²) in [5, 5.41) is 7.35. The van der Waals surface area contributed by atoms with Crippen LogP contribution in [0.25, 0.3) is 5.57 Å².